The second-order valence-corrected chi connectivity index (χ2v) is 6.33. The molecule has 1 aliphatic rings. The Morgan fingerprint density at radius 2 is 2.24 bits per heavy atom. The third-order valence-electron chi connectivity index (χ3n) is 3.82. The van der Waals surface area contributed by atoms with Gasteiger partial charge in [0.05, 0.1) is 0 Å². The lowest BCUT2D eigenvalue weighted by Crippen LogP contribution is -2.34. The molecule has 1 fully saturated rings. The van der Waals surface area contributed by atoms with E-state index in [1.165, 1.54) is 35.0 Å². The second-order valence-electron chi connectivity index (χ2n) is 5.21. The average Bonchev–Trinajstić information content (AvgIpc) is 2.74. The van der Waals surface area contributed by atoms with Crippen molar-refractivity contribution in [3.63, 3.8) is 0 Å². The molecule has 0 saturated carbocycles. The molecular formula is C15H19NS. The van der Waals surface area contributed by atoms with Crippen molar-refractivity contribution in [2.45, 2.75) is 38.6 Å². The lowest BCUT2D eigenvalue weighted by atomic mass is 9.91. The smallest absolute Gasteiger partial charge is 0.0348 e. The highest BCUT2D eigenvalue weighted by Crippen LogP contribution is 2.37. The van der Waals surface area contributed by atoms with Crippen molar-refractivity contribution < 1.29 is 0 Å². The minimum absolute atomic E-state index is 0.667. The molecule has 1 nitrogen and oxygen atoms in total. The van der Waals surface area contributed by atoms with E-state index in [1.54, 1.807) is 4.88 Å². The number of benzene rings is 1. The summed E-state index contributed by atoms with van der Waals surface area (Å²) < 4.78 is 1.45. The number of fused-ring (bicyclic) bond motifs is 1. The van der Waals surface area contributed by atoms with E-state index < -0.39 is 0 Å². The van der Waals surface area contributed by atoms with E-state index in [-0.39, 0.29) is 0 Å². The first-order valence-corrected chi connectivity index (χ1v) is 7.28. The maximum absolute atomic E-state index is 3.53. The van der Waals surface area contributed by atoms with Gasteiger partial charge in [0.2, 0.25) is 0 Å². The molecule has 0 bridgehead atoms. The van der Waals surface area contributed by atoms with E-state index in [9.17, 15) is 0 Å². The van der Waals surface area contributed by atoms with Gasteiger partial charge in [-0.15, -0.1) is 11.3 Å². The Labute approximate surface area is 107 Å². The van der Waals surface area contributed by atoms with Crippen LogP contribution in [0.3, 0.4) is 0 Å². The number of piperidine rings is 1. The summed E-state index contributed by atoms with van der Waals surface area (Å²) in [6.45, 7) is 5.67. The van der Waals surface area contributed by atoms with Gasteiger partial charge in [0.25, 0.3) is 0 Å². The van der Waals surface area contributed by atoms with Gasteiger partial charge >= 0.3 is 0 Å². The maximum atomic E-state index is 3.53. The van der Waals surface area contributed by atoms with Crippen LogP contribution in [0.15, 0.2) is 24.3 Å². The first kappa shape index (κ1) is 11.2. The zero-order valence-corrected chi connectivity index (χ0v) is 11.3. The van der Waals surface area contributed by atoms with Crippen LogP contribution in [0.25, 0.3) is 10.1 Å². The van der Waals surface area contributed by atoms with E-state index in [0.29, 0.717) is 6.04 Å². The summed E-state index contributed by atoms with van der Waals surface area (Å²) in [5.41, 5.74) is 1.41. The van der Waals surface area contributed by atoms with Gasteiger partial charge in [0.1, 0.15) is 0 Å². The highest BCUT2D eigenvalue weighted by Gasteiger charge is 2.21. The molecule has 1 aromatic carbocycles. The molecular weight excluding hydrogens is 226 g/mol. The molecule has 2 aromatic rings. The molecule has 90 valence electrons. The van der Waals surface area contributed by atoms with Crippen molar-refractivity contribution in [2.75, 3.05) is 6.54 Å². The molecule has 2 heteroatoms. The van der Waals surface area contributed by atoms with Crippen molar-refractivity contribution >= 4 is 21.4 Å². The third-order valence-corrected chi connectivity index (χ3v) is 5.09. The number of nitrogens with one attached hydrogen (secondary N) is 1. The van der Waals surface area contributed by atoms with E-state index in [1.807, 2.05) is 11.3 Å². The van der Waals surface area contributed by atoms with Crippen LogP contribution >= 0.6 is 11.3 Å². The predicted molar refractivity (Wildman–Crippen MR) is 76.0 cm³/mol. The Hall–Kier alpha value is -0.860. The van der Waals surface area contributed by atoms with Crippen molar-refractivity contribution in [3.05, 3.63) is 34.7 Å². The lowest BCUT2D eigenvalue weighted by Gasteiger charge is -2.27. The number of rotatable bonds is 1. The van der Waals surface area contributed by atoms with Crippen molar-refractivity contribution in [1.82, 2.24) is 5.32 Å². The summed E-state index contributed by atoms with van der Waals surface area (Å²) in [5, 5.41) is 4.99. The van der Waals surface area contributed by atoms with E-state index in [0.717, 1.165) is 5.92 Å². The Bertz CT molecular complexity index is 529. The first-order valence-electron chi connectivity index (χ1n) is 6.46. The van der Waals surface area contributed by atoms with Crippen molar-refractivity contribution in [3.8, 4) is 0 Å². The molecule has 1 aliphatic heterocycles. The highest BCUT2D eigenvalue weighted by atomic mass is 32.1. The molecule has 0 amide bonds. The summed E-state index contributed by atoms with van der Waals surface area (Å²) >= 11 is 1.99. The van der Waals surface area contributed by atoms with Gasteiger partial charge in [-0.25, -0.2) is 0 Å². The molecule has 0 spiro atoms. The number of thiophene rings is 1. The van der Waals surface area contributed by atoms with Crippen LogP contribution in [-0.2, 0) is 0 Å². The van der Waals surface area contributed by atoms with Gasteiger partial charge < -0.3 is 5.32 Å². The quantitative estimate of drug-likeness (QED) is 0.798. The molecule has 3 rings (SSSR count). The van der Waals surface area contributed by atoms with Crippen LogP contribution in [0.5, 0.6) is 0 Å². The number of hydrogen-bond donors (Lipinski definition) is 1. The summed E-state index contributed by atoms with van der Waals surface area (Å²) in [6.07, 6.45) is 2.57. The molecule has 1 N–H and O–H groups in total. The molecule has 0 radical (unpaired) electrons. The molecule has 2 atom stereocenters. The van der Waals surface area contributed by atoms with Gasteiger partial charge in [-0.2, -0.15) is 0 Å². The van der Waals surface area contributed by atoms with Crippen LogP contribution in [0.2, 0.25) is 0 Å². The highest BCUT2D eigenvalue weighted by molar-refractivity contribution is 7.19. The minimum atomic E-state index is 0.667. The third kappa shape index (κ3) is 2.12. The first-order chi connectivity index (χ1) is 8.24. The lowest BCUT2D eigenvalue weighted by molar-refractivity contribution is 0.384. The minimum Gasteiger partial charge on any atom is -0.314 e. The summed E-state index contributed by atoms with van der Waals surface area (Å²) in [4.78, 5) is 1.59. The van der Waals surface area contributed by atoms with Crippen LogP contribution in [0, 0.1) is 6.92 Å². The van der Waals surface area contributed by atoms with Crippen molar-refractivity contribution in [2.24, 2.45) is 0 Å². The van der Waals surface area contributed by atoms with Crippen LogP contribution < -0.4 is 5.32 Å². The number of aryl methyl sites for hydroxylation is 1. The average molecular weight is 245 g/mol. The standard InChI is InChI=1S/C15H19NS/c1-10-4-3-5-14-13(10)9-15(17-14)12-6-7-16-11(2)8-12/h3-5,9,11-12,16H,6-8H2,1-2H3/t11-,12-/m1/s1. The van der Waals surface area contributed by atoms with Crippen LogP contribution in [0.1, 0.15) is 36.1 Å². The molecule has 17 heavy (non-hydrogen) atoms. The van der Waals surface area contributed by atoms with Crippen LogP contribution in [0.4, 0.5) is 0 Å². The van der Waals surface area contributed by atoms with E-state index in [2.05, 4.69) is 43.4 Å². The molecule has 0 unspecified atom stereocenters. The zero-order chi connectivity index (χ0) is 11.8. The van der Waals surface area contributed by atoms with Gasteiger partial charge in [-0.1, -0.05) is 12.1 Å². The summed E-state index contributed by atoms with van der Waals surface area (Å²) in [5.74, 6) is 0.767. The fourth-order valence-electron chi connectivity index (χ4n) is 2.82. The fraction of sp³-hybridized carbons (Fsp3) is 0.467. The number of hydrogen-bond acceptors (Lipinski definition) is 2. The Kier molecular flexibility index (Phi) is 2.93. The van der Waals surface area contributed by atoms with Gasteiger partial charge in [0, 0.05) is 15.6 Å². The summed E-state index contributed by atoms with van der Waals surface area (Å²) in [6, 6.07) is 9.73. The maximum Gasteiger partial charge on any atom is 0.0348 e. The van der Waals surface area contributed by atoms with Gasteiger partial charge in [-0.05, 0) is 62.2 Å². The largest absolute Gasteiger partial charge is 0.314 e. The molecule has 0 aliphatic carbocycles. The molecule has 1 saturated heterocycles. The summed E-state index contributed by atoms with van der Waals surface area (Å²) in [7, 11) is 0. The Morgan fingerprint density at radius 3 is 3.00 bits per heavy atom. The normalized spacial score (nSPS) is 25.3. The van der Waals surface area contributed by atoms with Crippen LogP contribution in [-0.4, -0.2) is 12.6 Å². The topological polar surface area (TPSA) is 12.0 Å². The van der Waals surface area contributed by atoms with E-state index in [4.69, 9.17) is 0 Å². The van der Waals surface area contributed by atoms with E-state index >= 15 is 0 Å². The van der Waals surface area contributed by atoms with Gasteiger partial charge in [0.15, 0.2) is 0 Å². The predicted octanol–water partition coefficient (Wildman–Crippen LogP) is 4.07. The molecule has 1 aromatic heterocycles. The fourth-order valence-corrected chi connectivity index (χ4v) is 4.11. The SMILES string of the molecule is Cc1cccc2sc([C@@H]3CCN[C@H](C)C3)cc12. The zero-order valence-electron chi connectivity index (χ0n) is 10.5. The Balaban J connectivity index is 1.97. The Morgan fingerprint density at radius 1 is 1.35 bits per heavy atom. The molecule has 2 heterocycles. The van der Waals surface area contributed by atoms with Crippen molar-refractivity contribution in [1.29, 1.82) is 0 Å². The second kappa shape index (κ2) is 4.43. The monoisotopic (exact) mass is 245 g/mol. The van der Waals surface area contributed by atoms with Gasteiger partial charge in [-0.3, -0.25) is 0 Å².